The van der Waals surface area contributed by atoms with Gasteiger partial charge in [-0.1, -0.05) is 0 Å². The summed E-state index contributed by atoms with van der Waals surface area (Å²) in [4.78, 5) is 12.2. The number of aliphatic hydroxyl groups excluding tert-OH is 1. The zero-order chi connectivity index (χ0) is 13.7. The lowest BCUT2D eigenvalue weighted by Crippen LogP contribution is -2.47. The molecule has 1 saturated heterocycles. The summed E-state index contributed by atoms with van der Waals surface area (Å²) in [6.45, 7) is 6.50. The van der Waals surface area contributed by atoms with Crippen LogP contribution in [0, 0.1) is 5.82 Å². The molecule has 1 fully saturated rings. The normalized spacial score (nSPS) is 16.7. The van der Waals surface area contributed by atoms with E-state index in [9.17, 15) is 4.39 Å². The predicted octanol–water partition coefficient (Wildman–Crippen LogP) is 0.162. The maximum Gasteiger partial charge on any atom is 0.224 e. The van der Waals surface area contributed by atoms with Crippen LogP contribution in [0.2, 0.25) is 0 Å². The molecule has 0 unspecified atom stereocenters. The van der Waals surface area contributed by atoms with Crippen molar-refractivity contribution in [3.8, 4) is 0 Å². The number of aliphatic hydroxyl groups is 1. The van der Waals surface area contributed by atoms with Crippen LogP contribution < -0.4 is 10.2 Å². The van der Waals surface area contributed by atoms with Gasteiger partial charge in [0.15, 0.2) is 11.6 Å². The van der Waals surface area contributed by atoms with Gasteiger partial charge in [-0.2, -0.15) is 4.98 Å². The molecule has 0 amide bonds. The number of halogens is 1. The van der Waals surface area contributed by atoms with Crippen molar-refractivity contribution >= 4 is 11.8 Å². The second-order valence-corrected chi connectivity index (χ2v) is 4.45. The minimum atomic E-state index is -0.391. The van der Waals surface area contributed by atoms with Gasteiger partial charge in [-0.25, -0.2) is 9.37 Å². The van der Waals surface area contributed by atoms with Gasteiger partial charge in [0.1, 0.15) is 0 Å². The molecule has 6 nitrogen and oxygen atoms in total. The highest BCUT2D eigenvalue weighted by Crippen LogP contribution is 2.18. The molecular weight excluding hydrogens is 249 g/mol. The van der Waals surface area contributed by atoms with E-state index in [2.05, 4.69) is 20.2 Å². The highest BCUT2D eigenvalue weighted by molar-refractivity contribution is 5.44. The van der Waals surface area contributed by atoms with Crippen LogP contribution in [-0.2, 0) is 0 Å². The van der Waals surface area contributed by atoms with E-state index in [-0.39, 0.29) is 6.61 Å². The summed E-state index contributed by atoms with van der Waals surface area (Å²) in [6.07, 6.45) is 1.21. The zero-order valence-corrected chi connectivity index (χ0v) is 11.1. The highest BCUT2D eigenvalue weighted by atomic mass is 19.1. The maximum absolute atomic E-state index is 13.8. The molecule has 106 valence electrons. The topological polar surface area (TPSA) is 64.5 Å². The van der Waals surface area contributed by atoms with Gasteiger partial charge in [0.05, 0.1) is 12.8 Å². The molecule has 0 spiro atoms. The van der Waals surface area contributed by atoms with E-state index in [0.717, 1.165) is 13.1 Å². The Morgan fingerprint density at radius 2 is 2.11 bits per heavy atom. The van der Waals surface area contributed by atoms with Crippen molar-refractivity contribution < 1.29 is 9.50 Å². The lowest BCUT2D eigenvalue weighted by molar-refractivity contribution is 0.188. The molecule has 1 aliphatic rings. The first-order valence-electron chi connectivity index (χ1n) is 6.59. The molecule has 0 aliphatic carbocycles. The third-order valence-corrected chi connectivity index (χ3v) is 3.15. The summed E-state index contributed by atoms with van der Waals surface area (Å²) in [5, 5.41) is 11.9. The average molecular weight is 269 g/mol. The van der Waals surface area contributed by atoms with Crippen molar-refractivity contribution in [3.05, 3.63) is 12.0 Å². The van der Waals surface area contributed by atoms with E-state index < -0.39 is 5.82 Å². The molecule has 2 heterocycles. The van der Waals surface area contributed by atoms with E-state index >= 15 is 0 Å². The van der Waals surface area contributed by atoms with Crippen LogP contribution in [0.15, 0.2) is 6.20 Å². The maximum atomic E-state index is 13.8. The molecule has 19 heavy (non-hydrogen) atoms. The fourth-order valence-corrected chi connectivity index (χ4v) is 2.15. The molecule has 0 atom stereocenters. The fraction of sp³-hybridized carbons (Fsp3) is 0.667. The quantitative estimate of drug-likeness (QED) is 0.794. The van der Waals surface area contributed by atoms with Crippen molar-refractivity contribution in [1.29, 1.82) is 0 Å². The Labute approximate surface area is 112 Å². The van der Waals surface area contributed by atoms with Crippen LogP contribution in [0.4, 0.5) is 16.2 Å². The van der Waals surface area contributed by atoms with Gasteiger partial charge >= 0.3 is 0 Å². The third-order valence-electron chi connectivity index (χ3n) is 3.15. The minimum Gasteiger partial charge on any atom is -0.395 e. The van der Waals surface area contributed by atoms with Crippen LogP contribution in [0.1, 0.15) is 6.92 Å². The Kier molecular flexibility index (Phi) is 4.86. The minimum absolute atomic E-state index is 0.159. The first-order chi connectivity index (χ1) is 9.24. The Morgan fingerprint density at radius 3 is 2.74 bits per heavy atom. The average Bonchev–Trinajstić information content (AvgIpc) is 2.43. The van der Waals surface area contributed by atoms with E-state index in [1.807, 2.05) is 11.8 Å². The van der Waals surface area contributed by atoms with Gasteiger partial charge in [0.2, 0.25) is 5.95 Å². The van der Waals surface area contributed by atoms with Crippen LogP contribution in [0.3, 0.4) is 0 Å². The van der Waals surface area contributed by atoms with E-state index in [4.69, 9.17) is 5.11 Å². The number of hydrogen-bond acceptors (Lipinski definition) is 6. The third kappa shape index (κ3) is 3.51. The molecule has 1 aromatic heterocycles. The van der Waals surface area contributed by atoms with Crippen LogP contribution in [0.5, 0.6) is 0 Å². The fourth-order valence-electron chi connectivity index (χ4n) is 2.15. The Hall–Kier alpha value is -1.47. The number of nitrogens with one attached hydrogen (secondary N) is 1. The van der Waals surface area contributed by atoms with Gasteiger partial charge in [0.25, 0.3) is 0 Å². The van der Waals surface area contributed by atoms with E-state index in [1.165, 1.54) is 6.20 Å². The van der Waals surface area contributed by atoms with Crippen LogP contribution >= 0.6 is 0 Å². The summed E-state index contributed by atoms with van der Waals surface area (Å²) in [6, 6.07) is 0. The van der Waals surface area contributed by atoms with Crippen molar-refractivity contribution in [3.63, 3.8) is 0 Å². The Bertz CT molecular complexity index is 409. The number of hydrogen-bond donors (Lipinski definition) is 2. The van der Waals surface area contributed by atoms with Crippen LogP contribution in [-0.4, -0.2) is 65.8 Å². The number of aromatic nitrogens is 2. The SMILES string of the molecule is CCNc1ncc(F)c(N2CCN(CCO)CC2)n1. The van der Waals surface area contributed by atoms with Crippen molar-refractivity contribution in [2.75, 3.05) is 56.1 Å². The molecule has 0 bridgehead atoms. The van der Waals surface area contributed by atoms with E-state index in [1.54, 1.807) is 0 Å². The number of piperazine rings is 1. The largest absolute Gasteiger partial charge is 0.395 e. The first kappa shape index (κ1) is 14.0. The van der Waals surface area contributed by atoms with Gasteiger partial charge in [-0.15, -0.1) is 0 Å². The van der Waals surface area contributed by atoms with Gasteiger partial charge in [-0.05, 0) is 6.92 Å². The molecule has 2 rings (SSSR count). The Balaban J connectivity index is 2.03. The molecule has 7 heteroatoms. The smallest absolute Gasteiger partial charge is 0.224 e. The van der Waals surface area contributed by atoms with Crippen molar-refractivity contribution in [2.24, 2.45) is 0 Å². The Morgan fingerprint density at radius 1 is 1.37 bits per heavy atom. The lowest BCUT2D eigenvalue weighted by atomic mass is 10.3. The van der Waals surface area contributed by atoms with Gasteiger partial charge in [-0.3, -0.25) is 4.90 Å². The monoisotopic (exact) mass is 269 g/mol. The standard InChI is InChI=1S/C12H20FN5O/c1-2-14-12-15-9-10(13)11(16-12)18-5-3-17(4-6-18)7-8-19/h9,19H,2-8H2,1H3,(H,14,15,16). The summed E-state index contributed by atoms with van der Waals surface area (Å²) < 4.78 is 13.8. The number of rotatable bonds is 5. The molecule has 2 N–H and O–H groups in total. The van der Waals surface area contributed by atoms with Crippen molar-refractivity contribution in [1.82, 2.24) is 14.9 Å². The summed E-state index contributed by atoms with van der Waals surface area (Å²) in [7, 11) is 0. The molecule has 0 saturated carbocycles. The first-order valence-corrected chi connectivity index (χ1v) is 6.59. The zero-order valence-electron chi connectivity index (χ0n) is 11.1. The second kappa shape index (κ2) is 6.63. The molecule has 1 aromatic rings. The highest BCUT2D eigenvalue weighted by Gasteiger charge is 2.20. The van der Waals surface area contributed by atoms with E-state index in [0.29, 0.717) is 37.9 Å². The predicted molar refractivity (Wildman–Crippen MR) is 71.9 cm³/mol. The van der Waals surface area contributed by atoms with Gasteiger partial charge in [0, 0.05) is 39.3 Å². The number of nitrogens with zero attached hydrogens (tertiary/aromatic N) is 4. The van der Waals surface area contributed by atoms with Crippen LogP contribution in [0.25, 0.3) is 0 Å². The summed E-state index contributed by atoms with van der Waals surface area (Å²) in [5.74, 6) is 0.420. The lowest BCUT2D eigenvalue weighted by Gasteiger charge is -2.35. The van der Waals surface area contributed by atoms with Crippen molar-refractivity contribution in [2.45, 2.75) is 6.92 Å². The molecular formula is C12H20FN5O. The number of β-amino-alcohol motifs (C(OH)–C–C–N with tert-alkyl or cyclic N) is 1. The molecule has 1 aliphatic heterocycles. The molecule has 0 radical (unpaired) electrons. The summed E-state index contributed by atoms with van der Waals surface area (Å²) in [5.41, 5.74) is 0. The summed E-state index contributed by atoms with van der Waals surface area (Å²) >= 11 is 0. The second-order valence-electron chi connectivity index (χ2n) is 4.45. The van der Waals surface area contributed by atoms with Gasteiger partial charge < -0.3 is 15.3 Å². The molecule has 0 aromatic carbocycles. The number of anilines is 2.